The molecule has 7 nitrogen and oxygen atoms in total. The molecule has 1 saturated heterocycles. The Morgan fingerprint density at radius 3 is 2.59 bits per heavy atom. The van der Waals surface area contributed by atoms with Crippen LogP contribution in [0.2, 0.25) is 0 Å². The predicted octanol–water partition coefficient (Wildman–Crippen LogP) is 1.88. The van der Waals surface area contributed by atoms with E-state index in [2.05, 4.69) is 27.0 Å². The summed E-state index contributed by atoms with van der Waals surface area (Å²) in [5, 5.41) is 0. The first-order valence-corrected chi connectivity index (χ1v) is 10.3. The van der Waals surface area contributed by atoms with Crippen molar-refractivity contribution < 1.29 is 9.53 Å². The normalized spacial score (nSPS) is 19.1. The fourth-order valence-corrected chi connectivity index (χ4v) is 4.17. The zero-order valence-corrected chi connectivity index (χ0v) is 17.4. The molecule has 2 aromatic rings. The number of nitrogens with two attached hydrogens (primary N) is 1. The molecule has 0 saturated carbocycles. The smallest absolute Gasteiger partial charge is 0.291 e. The molecule has 0 unspecified atom stereocenters. The third-order valence-electron chi connectivity index (χ3n) is 6.08. The fourth-order valence-electron chi connectivity index (χ4n) is 4.17. The number of methoxy groups -OCH3 is 1. The SMILES string of the molecule is COc1ccc2c(c1)CCN(C(=O)c1nc(C)c(C)c(N3CC[C@@H](N)C3)n1)CC2. The number of benzene rings is 1. The van der Waals surface area contributed by atoms with Crippen LogP contribution in [0, 0.1) is 13.8 Å². The lowest BCUT2D eigenvalue weighted by Crippen LogP contribution is -2.35. The molecule has 0 aliphatic carbocycles. The minimum atomic E-state index is -0.0994. The van der Waals surface area contributed by atoms with Crippen LogP contribution in [0.15, 0.2) is 18.2 Å². The summed E-state index contributed by atoms with van der Waals surface area (Å²) in [6.07, 6.45) is 2.57. The molecule has 1 fully saturated rings. The van der Waals surface area contributed by atoms with Crippen LogP contribution in [0.3, 0.4) is 0 Å². The summed E-state index contributed by atoms with van der Waals surface area (Å²) in [4.78, 5) is 26.5. The number of hydrogen-bond donors (Lipinski definition) is 1. The van der Waals surface area contributed by atoms with Gasteiger partial charge in [0.05, 0.1) is 7.11 Å². The van der Waals surface area contributed by atoms with Crippen molar-refractivity contribution in [2.75, 3.05) is 38.2 Å². The number of aromatic nitrogens is 2. The van der Waals surface area contributed by atoms with Crippen LogP contribution in [0.1, 0.15) is 39.4 Å². The Labute approximate surface area is 171 Å². The van der Waals surface area contributed by atoms with Gasteiger partial charge in [-0.15, -0.1) is 0 Å². The van der Waals surface area contributed by atoms with E-state index in [4.69, 9.17) is 10.5 Å². The maximum absolute atomic E-state index is 13.3. The monoisotopic (exact) mass is 395 g/mol. The van der Waals surface area contributed by atoms with Crippen molar-refractivity contribution in [2.24, 2.45) is 5.73 Å². The molecule has 2 aliphatic heterocycles. The van der Waals surface area contributed by atoms with E-state index in [0.717, 1.165) is 55.2 Å². The van der Waals surface area contributed by atoms with Crippen LogP contribution in [0.5, 0.6) is 5.75 Å². The molecule has 1 aromatic carbocycles. The number of fused-ring (bicyclic) bond motifs is 1. The number of rotatable bonds is 3. The summed E-state index contributed by atoms with van der Waals surface area (Å²) in [5.74, 6) is 1.89. The molecule has 0 spiro atoms. The van der Waals surface area contributed by atoms with Gasteiger partial charge in [-0.25, -0.2) is 9.97 Å². The second kappa shape index (κ2) is 7.99. The molecule has 154 valence electrons. The third kappa shape index (κ3) is 3.92. The number of carbonyl (C=O) groups excluding carboxylic acids is 1. The van der Waals surface area contributed by atoms with Crippen LogP contribution in [-0.4, -0.2) is 60.1 Å². The zero-order valence-electron chi connectivity index (χ0n) is 17.4. The van der Waals surface area contributed by atoms with E-state index in [1.807, 2.05) is 24.8 Å². The molecule has 2 aliphatic rings. The van der Waals surface area contributed by atoms with Crippen molar-refractivity contribution in [1.29, 1.82) is 0 Å². The van der Waals surface area contributed by atoms with E-state index in [0.29, 0.717) is 13.1 Å². The van der Waals surface area contributed by atoms with Gasteiger partial charge in [-0.1, -0.05) is 6.07 Å². The van der Waals surface area contributed by atoms with Crippen molar-refractivity contribution in [3.05, 3.63) is 46.4 Å². The highest BCUT2D eigenvalue weighted by molar-refractivity contribution is 5.91. The first-order valence-electron chi connectivity index (χ1n) is 10.3. The van der Waals surface area contributed by atoms with Gasteiger partial charge in [0.2, 0.25) is 5.82 Å². The Morgan fingerprint density at radius 1 is 1.14 bits per heavy atom. The van der Waals surface area contributed by atoms with Crippen LogP contribution in [-0.2, 0) is 12.8 Å². The fraction of sp³-hybridized carbons (Fsp3) is 0.500. The largest absolute Gasteiger partial charge is 0.497 e. The highest BCUT2D eigenvalue weighted by Crippen LogP contribution is 2.25. The zero-order chi connectivity index (χ0) is 20.5. The quantitative estimate of drug-likeness (QED) is 0.854. The van der Waals surface area contributed by atoms with E-state index >= 15 is 0 Å². The predicted molar refractivity (Wildman–Crippen MR) is 113 cm³/mol. The van der Waals surface area contributed by atoms with Gasteiger partial charge in [-0.2, -0.15) is 0 Å². The lowest BCUT2D eigenvalue weighted by Gasteiger charge is -2.23. The van der Waals surface area contributed by atoms with E-state index in [9.17, 15) is 4.79 Å². The average molecular weight is 396 g/mol. The van der Waals surface area contributed by atoms with E-state index in [1.165, 1.54) is 11.1 Å². The molecule has 2 N–H and O–H groups in total. The minimum Gasteiger partial charge on any atom is -0.497 e. The lowest BCUT2D eigenvalue weighted by atomic mass is 10.0. The van der Waals surface area contributed by atoms with Crippen LogP contribution in [0.25, 0.3) is 0 Å². The number of ether oxygens (including phenoxy) is 1. The maximum atomic E-state index is 13.3. The number of amides is 1. The maximum Gasteiger partial charge on any atom is 0.291 e. The molecule has 29 heavy (non-hydrogen) atoms. The molecule has 1 amide bonds. The molecule has 1 aromatic heterocycles. The molecule has 0 radical (unpaired) electrons. The minimum absolute atomic E-state index is 0.0994. The topological polar surface area (TPSA) is 84.6 Å². The van der Waals surface area contributed by atoms with Crippen LogP contribution < -0.4 is 15.4 Å². The molecule has 7 heteroatoms. The van der Waals surface area contributed by atoms with E-state index < -0.39 is 0 Å². The standard InChI is InChI=1S/C22H29N5O2/c1-14-15(2)24-20(25-21(14)27-11-8-18(23)13-27)22(28)26-9-6-16-4-5-19(29-3)12-17(16)7-10-26/h4-5,12,18H,6-11,13,23H2,1-3H3/t18-/m1/s1. The molecule has 1 atom stereocenters. The summed E-state index contributed by atoms with van der Waals surface area (Å²) >= 11 is 0. The first kappa shape index (κ1) is 19.6. The number of carbonyl (C=O) groups is 1. The summed E-state index contributed by atoms with van der Waals surface area (Å²) in [7, 11) is 1.68. The summed E-state index contributed by atoms with van der Waals surface area (Å²) in [6, 6.07) is 6.31. The molecular weight excluding hydrogens is 366 g/mol. The Kier molecular flexibility index (Phi) is 5.41. The van der Waals surface area contributed by atoms with Gasteiger partial charge in [0.25, 0.3) is 5.91 Å². The van der Waals surface area contributed by atoms with Gasteiger partial charge in [0.1, 0.15) is 11.6 Å². The number of hydrogen-bond acceptors (Lipinski definition) is 6. The first-order chi connectivity index (χ1) is 14.0. The Morgan fingerprint density at radius 2 is 1.90 bits per heavy atom. The van der Waals surface area contributed by atoms with Gasteiger partial charge in [-0.05, 0) is 56.4 Å². The van der Waals surface area contributed by atoms with Gasteiger partial charge >= 0.3 is 0 Å². The summed E-state index contributed by atoms with van der Waals surface area (Å²) in [6.45, 7) is 6.91. The van der Waals surface area contributed by atoms with Crippen molar-refractivity contribution >= 4 is 11.7 Å². The average Bonchev–Trinajstić information content (AvgIpc) is 3.04. The molecular formula is C22H29N5O2. The van der Waals surface area contributed by atoms with Crippen molar-refractivity contribution in [2.45, 2.75) is 39.2 Å². The van der Waals surface area contributed by atoms with Gasteiger partial charge in [0.15, 0.2) is 0 Å². The van der Waals surface area contributed by atoms with Crippen molar-refractivity contribution in [3.8, 4) is 5.75 Å². The van der Waals surface area contributed by atoms with Gasteiger partial charge in [0, 0.05) is 43.5 Å². The van der Waals surface area contributed by atoms with Crippen molar-refractivity contribution in [1.82, 2.24) is 14.9 Å². The van der Waals surface area contributed by atoms with Gasteiger partial charge in [-0.3, -0.25) is 4.79 Å². The Balaban J connectivity index is 1.56. The third-order valence-corrected chi connectivity index (χ3v) is 6.08. The van der Waals surface area contributed by atoms with Crippen LogP contribution in [0.4, 0.5) is 5.82 Å². The highest BCUT2D eigenvalue weighted by atomic mass is 16.5. The number of aryl methyl sites for hydroxylation is 1. The van der Waals surface area contributed by atoms with E-state index in [-0.39, 0.29) is 17.8 Å². The molecule has 4 rings (SSSR count). The van der Waals surface area contributed by atoms with Crippen LogP contribution >= 0.6 is 0 Å². The number of nitrogens with zero attached hydrogens (tertiary/aromatic N) is 4. The Hall–Kier alpha value is -2.67. The van der Waals surface area contributed by atoms with E-state index in [1.54, 1.807) is 7.11 Å². The molecule has 0 bridgehead atoms. The molecule has 3 heterocycles. The second-order valence-corrected chi connectivity index (χ2v) is 8.00. The highest BCUT2D eigenvalue weighted by Gasteiger charge is 2.27. The summed E-state index contributed by atoms with van der Waals surface area (Å²) < 4.78 is 5.34. The summed E-state index contributed by atoms with van der Waals surface area (Å²) in [5.41, 5.74) is 10.5. The lowest BCUT2D eigenvalue weighted by molar-refractivity contribution is 0.0750. The van der Waals surface area contributed by atoms with Crippen molar-refractivity contribution in [3.63, 3.8) is 0 Å². The Bertz CT molecular complexity index is 930. The number of anilines is 1. The second-order valence-electron chi connectivity index (χ2n) is 8.00. The van der Waals surface area contributed by atoms with Gasteiger partial charge < -0.3 is 20.3 Å².